The molecule has 1 N–H and O–H groups in total. The lowest BCUT2D eigenvalue weighted by atomic mass is 9.92. The van der Waals surface area contributed by atoms with Crippen molar-refractivity contribution < 1.29 is 18.3 Å². The van der Waals surface area contributed by atoms with E-state index in [4.69, 9.17) is 9.47 Å². The van der Waals surface area contributed by atoms with Crippen LogP contribution in [0, 0.1) is 0 Å². The third kappa shape index (κ3) is 1.61. The van der Waals surface area contributed by atoms with Gasteiger partial charge in [0.2, 0.25) is 6.79 Å². The van der Waals surface area contributed by atoms with Gasteiger partial charge in [-0.25, -0.2) is 8.78 Å². The van der Waals surface area contributed by atoms with E-state index in [9.17, 15) is 8.78 Å². The Labute approximate surface area is 92.4 Å². The second kappa shape index (κ2) is 3.90. The first-order chi connectivity index (χ1) is 7.58. The zero-order valence-electron chi connectivity index (χ0n) is 9.09. The summed E-state index contributed by atoms with van der Waals surface area (Å²) in [6.45, 7) is 1.60. The molecule has 3 nitrogen and oxygen atoms in total. The molecular formula is C11H13F2NO2. The summed E-state index contributed by atoms with van der Waals surface area (Å²) in [5.74, 6) is 1.11. The van der Waals surface area contributed by atoms with Crippen molar-refractivity contribution in [2.24, 2.45) is 0 Å². The van der Waals surface area contributed by atoms with Crippen molar-refractivity contribution in [2.45, 2.75) is 18.9 Å². The van der Waals surface area contributed by atoms with E-state index in [0.717, 1.165) is 0 Å². The van der Waals surface area contributed by atoms with Crippen LogP contribution >= 0.6 is 0 Å². The summed E-state index contributed by atoms with van der Waals surface area (Å²) in [7, 11) is 1.51. The molecule has 0 bridgehead atoms. The fraction of sp³-hybridized carbons (Fsp3) is 0.455. The first kappa shape index (κ1) is 11.1. The first-order valence-corrected chi connectivity index (χ1v) is 4.95. The van der Waals surface area contributed by atoms with Gasteiger partial charge in [0.15, 0.2) is 11.5 Å². The Morgan fingerprint density at radius 1 is 1.31 bits per heavy atom. The van der Waals surface area contributed by atoms with Gasteiger partial charge in [-0.05, 0) is 31.7 Å². The van der Waals surface area contributed by atoms with Gasteiger partial charge in [-0.1, -0.05) is 6.07 Å². The van der Waals surface area contributed by atoms with Crippen molar-refractivity contribution in [3.63, 3.8) is 0 Å². The van der Waals surface area contributed by atoms with E-state index in [1.54, 1.807) is 18.2 Å². The van der Waals surface area contributed by atoms with Crippen molar-refractivity contribution in [1.82, 2.24) is 5.32 Å². The van der Waals surface area contributed by atoms with Crippen LogP contribution < -0.4 is 14.8 Å². The highest BCUT2D eigenvalue weighted by Gasteiger charge is 2.36. The summed E-state index contributed by atoms with van der Waals surface area (Å²) in [5, 5.41) is 2.64. The molecule has 16 heavy (non-hydrogen) atoms. The Morgan fingerprint density at radius 3 is 2.62 bits per heavy atom. The van der Waals surface area contributed by atoms with Gasteiger partial charge >= 0.3 is 0 Å². The van der Waals surface area contributed by atoms with Gasteiger partial charge < -0.3 is 14.8 Å². The van der Waals surface area contributed by atoms with Crippen LogP contribution in [0.15, 0.2) is 18.2 Å². The van der Waals surface area contributed by atoms with Gasteiger partial charge in [0.05, 0.1) is 0 Å². The van der Waals surface area contributed by atoms with E-state index in [2.05, 4.69) is 5.32 Å². The van der Waals surface area contributed by atoms with Crippen LogP contribution in [0.3, 0.4) is 0 Å². The molecule has 1 aliphatic heterocycles. The van der Waals surface area contributed by atoms with Crippen LogP contribution in [0.5, 0.6) is 11.5 Å². The topological polar surface area (TPSA) is 30.5 Å². The van der Waals surface area contributed by atoms with Crippen LogP contribution in [0.2, 0.25) is 0 Å². The minimum absolute atomic E-state index is 0.143. The SMILES string of the molecule is CNC(C)(c1ccc2c(c1)OCO2)C(F)F. The van der Waals surface area contributed by atoms with Gasteiger partial charge in [0.1, 0.15) is 5.54 Å². The zero-order chi connectivity index (χ0) is 11.8. The van der Waals surface area contributed by atoms with Crippen molar-refractivity contribution in [1.29, 1.82) is 0 Å². The number of hydrogen-bond donors (Lipinski definition) is 1. The van der Waals surface area contributed by atoms with Gasteiger partial charge in [-0.3, -0.25) is 0 Å². The standard InChI is InChI=1S/C11H13F2NO2/c1-11(14-2,10(12)13)7-3-4-8-9(5-7)16-6-15-8/h3-5,10,14H,6H2,1-2H3. The third-order valence-corrected chi connectivity index (χ3v) is 2.93. The van der Waals surface area contributed by atoms with E-state index >= 15 is 0 Å². The normalized spacial score (nSPS) is 17.6. The second-order valence-corrected chi connectivity index (χ2v) is 3.82. The molecule has 5 heteroatoms. The highest BCUT2D eigenvalue weighted by atomic mass is 19.3. The number of halogens is 2. The Balaban J connectivity index is 2.40. The average molecular weight is 229 g/mol. The summed E-state index contributed by atoms with van der Waals surface area (Å²) in [6.07, 6.45) is -2.50. The average Bonchev–Trinajstić information content (AvgIpc) is 2.74. The molecule has 0 saturated carbocycles. The number of nitrogens with one attached hydrogen (secondary N) is 1. The summed E-state index contributed by atoms with van der Waals surface area (Å²) in [5.41, 5.74) is -0.893. The quantitative estimate of drug-likeness (QED) is 0.861. The van der Waals surface area contributed by atoms with E-state index in [-0.39, 0.29) is 6.79 Å². The number of ether oxygens (including phenoxy) is 2. The Bertz CT molecular complexity index is 398. The largest absolute Gasteiger partial charge is 0.454 e. The van der Waals surface area contributed by atoms with Gasteiger partial charge in [0, 0.05) is 0 Å². The Morgan fingerprint density at radius 2 is 2.00 bits per heavy atom. The summed E-state index contributed by atoms with van der Waals surface area (Å²) < 4.78 is 36.3. The first-order valence-electron chi connectivity index (χ1n) is 4.95. The van der Waals surface area contributed by atoms with E-state index in [0.29, 0.717) is 17.1 Å². The minimum Gasteiger partial charge on any atom is -0.454 e. The summed E-state index contributed by atoms with van der Waals surface area (Å²) in [6, 6.07) is 4.86. The smallest absolute Gasteiger partial charge is 0.260 e. The highest BCUT2D eigenvalue weighted by molar-refractivity contribution is 5.46. The predicted octanol–water partition coefficient (Wildman–Crippen LogP) is 2.12. The van der Waals surface area contributed by atoms with Gasteiger partial charge in [-0.15, -0.1) is 0 Å². The maximum atomic E-state index is 13.0. The molecule has 0 saturated heterocycles. The number of fused-ring (bicyclic) bond motifs is 1. The minimum atomic E-state index is -2.50. The molecule has 0 spiro atoms. The molecule has 0 aromatic heterocycles. The van der Waals surface area contributed by atoms with Crippen molar-refractivity contribution in [3.8, 4) is 11.5 Å². The molecule has 0 aliphatic carbocycles. The molecule has 1 unspecified atom stereocenters. The molecule has 1 heterocycles. The van der Waals surface area contributed by atoms with Crippen molar-refractivity contribution >= 4 is 0 Å². The molecule has 0 radical (unpaired) electrons. The summed E-state index contributed by atoms with van der Waals surface area (Å²) >= 11 is 0. The molecule has 1 atom stereocenters. The maximum Gasteiger partial charge on any atom is 0.260 e. The molecule has 1 aromatic rings. The van der Waals surface area contributed by atoms with E-state index in [1.165, 1.54) is 14.0 Å². The predicted molar refractivity (Wildman–Crippen MR) is 55.0 cm³/mol. The van der Waals surface area contributed by atoms with Crippen LogP contribution in [0.4, 0.5) is 8.78 Å². The van der Waals surface area contributed by atoms with Gasteiger partial charge in [-0.2, -0.15) is 0 Å². The number of hydrogen-bond acceptors (Lipinski definition) is 3. The highest BCUT2D eigenvalue weighted by Crippen LogP contribution is 2.37. The lowest BCUT2D eigenvalue weighted by Gasteiger charge is -2.28. The number of alkyl halides is 2. The molecular weight excluding hydrogens is 216 g/mol. The third-order valence-electron chi connectivity index (χ3n) is 2.93. The van der Waals surface area contributed by atoms with Gasteiger partial charge in [0.25, 0.3) is 6.43 Å². The second-order valence-electron chi connectivity index (χ2n) is 3.82. The Hall–Kier alpha value is -1.36. The molecule has 1 aromatic carbocycles. The van der Waals surface area contributed by atoms with Crippen LogP contribution in [-0.2, 0) is 5.54 Å². The van der Waals surface area contributed by atoms with E-state index in [1.807, 2.05) is 0 Å². The Kier molecular flexibility index (Phi) is 2.71. The van der Waals surface area contributed by atoms with Crippen LogP contribution in [0.25, 0.3) is 0 Å². The number of rotatable bonds is 3. The van der Waals surface area contributed by atoms with E-state index < -0.39 is 12.0 Å². The van der Waals surface area contributed by atoms with Crippen LogP contribution in [-0.4, -0.2) is 20.3 Å². The zero-order valence-corrected chi connectivity index (χ0v) is 9.09. The van der Waals surface area contributed by atoms with Crippen LogP contribution in [0.1, 0.15) is 12.5 Å². The lowest BCUT2D eigenvalue weighted by Crippen LogP contribution is -2.43. The lowest BCUT2D eigenvalue weighted by molar-refractivity contribution is 0.0431. The summed E-state index contributed by atoms with van der Waals surface area (Å²) in [4.78, 5) is 0. The molecule has 0 fully saturated rings. The molecule has 88 valence electrons. The molecule has 1 aliphatic rings. The fourth-order valence-corrected chi connectivity index (χ4v) is 1.60. The monoisotopic (exact) mass is 229 g/mol. The molecule has 0 amide bonds. The van der Waals surface area contributed by atoms with Crippen molar-refractivity contribution in [3.05, 3.63) is 23.8 Å². The fourth-order valence-electron chi connectivity index (χ4n) is 1.60. The maximum absolute atomic E-state index is 13.0. The number of benzene rings is 1. The van der Waals surface area contributed by atoms with Crippen molar-refractivity contribution in [2.75, 3.05) is 13.8 Å². The molecule has 2 rings (SSSR count).